The Balaban J connectivity index is 3.48. The fourth-order valence-electron chi connectivity index (χ4n) is 3.33. The van der Waals surface area contributed by atoms with Gasteiger partial charge in [0.05, 0.1) is 0 Å². The molecule has 0 fully saturated rings. The van der Waals surface area contributed by atoms with Gasteiger partial charge in [-0.25, -0.2) is 0 Å². The van der Waals surface area contributed by atoms with Gasteiger partial charge in [-0.1, -0.05) is 133 Å². The molecule has 0 aromatic heterocycles. The van der Waals surface area contributed by atoms with E-state index >= 15 is 0 Å². The maximum atomic E-state index is 2.66. The molecule has 2 unspecified atom stereocenters. The van der Waals surface area contributed by atoms with Gasteiger partial charge in [0, 0.05) is 3.92 Å². The molecule has 0 aliphatic heterocycles. The Kier molecular flexibility index (Phi) is 18.7. The van der Waals surface area contributed by atoms with Crippen LogP contribution >= 0.6 is 22.6 Å². The molecule has 22 heavy (non-hydrogen) atoms. The van der Waals surface area contributed by atoms with Crippen LogP contribution in [0.3, 0.4) is 0 Å². The van der Waals surface area contributed by atoms with Crippen LogP contribution < -0.4 is 0 Å². The standard InChI is InChI=1S/C21H43I/c1-4-6-8-10-12-13-15-17-19-21(20(3)22)18-16-14-11-9-7-5-2/h20-21H,4-19H2,1-3H3. The van der Waals surface area contributed by atoms with Gasteiger partial charge in [0.1, 0.15) is 0 Å². The van der Waals surface area contributed by atoms with Crippen LogP contribution in [0.1, 0.15) is 124 Å². The van der Waals surface area contributed by atoms with E-state index in [1.807, 2.05) is 0 Å². The van der Waals surface area contributed by atoms with Crippen LogP contribution in [0.15, 0.2) is 0 Å². The number of halogens is 1. The summed E-state index contributed by atoms with van der Waals surface area (Å²) in [6.45, 7) is 7.03. The third-order valence-electron chi connectivity index (χ3n) is 5.01. The van der Waals surface area contributed by atoms with Crippen LogP contribution in [0.4, 0.5) is 0 Å². The van der Waals surface area contributed by atoms with E-state index in [2.05, 4.69) is 43.4 Å². The molecule has 0 heterocycles. The van der Waals surface area contributed by atoms with E-state index in [9.17, 15) is 0 Å². The third kappa shape index (κ3) is 15.6. The predicted molar refractivity (Wildman–Crippen MR) is 112 cm³/mol. The third-order valence-corrected chi connectivity index (χ3v) is 6.02. The maximum absolute atomic E-state index is 2.66. The van der Waals surface area contributed by atoms with Crippen LogP contribution in [0, 0.1) is 5.92 Å². The molecule has 0 aliphatic carbocycles. The zero-order valence-electron chi connectivity index (χ0n) is 15.8. The van der Waals surface area contributed by atoms with E-state index in [1.165, 1.54) is 103 Å². The van der Waals surface area contributed by atoms with Gasteiger partial charge >= 0.3 is 0 Å². The van der Waals surface area contributed by atoms with Crippen LogP contribution in [0.25, 0.3) is 0 Å². The first-order chi connectivity index (χ1) is 10.7. The van der Waals surface area contributed by atoms with E-state index in [-0.39, 0.29) is 0 Å². The number of unbranched alkanes of at least 4 members (excludes halogenated alkanes) is 12. The second kappa shape index (κ2) is 18.1. The van der Waals surface area contributed by atoms with Gasteiger partial charge in [-0.3, -0.25) is 0 Å². The Labute approximate surface area is 155 Å². The molecule has 0 saturated carbocycles. The van der Waals surface area contributed by atoms with Crippen molar-refractivity contribution < 1.29 is 0 Å². The van der Waals surface area contributed by atoms with E-state index in [0.717, 1.165) is 9.84 Å². The summed E-state index contributed by atoms with van der Waals surface area (Å²) in [6.07, 6.45) is 23.3. The molecule has 0 amide bonds. The summed E-state index contributed by atoms with van der Waals surface area (Å²) in [6, 6.07) is 0. The lowest BCUT2D eigenvalue weighted by Crippen LogP contribution is -2.11. The summed E-state index contributed by atoms with van der Waals surface area (Å²) in [7, 11) is 0. The van der Waals surface area contributed by atoms with Gasteiger partial charge in [0.15, 0.2) is 0 Å². The van der Waals surface area contributed by atoms with Gasteiger partial charge in [-0.15, -0.1) is 0 Å². The first kappa shape index (κ1) is 22.7. The molecular weight excluding hydrogens is 379 g/mol. The van der Waals surface area contributed by atoms with Crippen molar-refractivity contribution in [3.63, 3.8) is 0 Å². The largest absolute Gasteiger partial charge is 0.0826 e. The van der Waals surface area contributed by atoms with E-state index in [4.69, 9.17) is 0 Å². The van der Waals surface area contributed by atoms with Crippen LogP contribution in [0.2, 0.25) is 0 Å². The molecule has 0 rings (SSSR count). The smallest absolute Gasteiger partial charge is 0.0110 e. The quantitative estimate of drug-likeness (QED) is 0.125. The van der Waals surface area contributed by atoms with Crippen LogP contribution in [-0.4, -0.2) is 3.92 Å². The van der Waals surface area contributed by atoms with Gasteiger partial charge in [-0.05, 0) is 18.8 Å². The Bertz CT molecular complexity index is 200. The summed E-state index contributed by atoms with van der Waals surface area (Å²) in [5, 5.41) is 0. The SMILES string of the molecule is CCCCCCCCCCC(CCCCCCCC)C(C)I. The highest BCUT2D eigenvalue weighted by molar-refractivity contribution is 14.1. The Hall–Kier alpha value is 0.730. The highest BCUT2D eigenvalue weighted by Crippen LogP contribution is 2.26. The molecule has 0 radical (unpaired) electrons. The zero-order valence-corrected chi connectivity index (χ0v) is 18.0. The van der Waals surface area contributed by atoms with E-state index in [0.29, 0.717) is 0 Å². The second-order valence-corrected chi connectivity index (χ2v) is 9.22. The highest BCUT2D eigenvalue weighted by atomic mass is 127. The van der Waals surface area contributed by atoms with Crippen molar-refractivity contribution in [2.45, 2.75) is 127 Å². The molecular formula is C21H43I. The fraction of sp³-hybridized carbons (Fsp3) is 1.00. The minimum absolute atomic E-state index is 0.859. The highest BCUT2D eigenvalue weighted by Gasteiger charge is 2.13. The number of rotatable bonds is 17. The summed E-state index contributed by atoms with van der Waals surface area (Å²) in [5.74, 6) is 0.979. The van der Waals surface area contributed by atoms with Gasteiger partial charge in [0.2, 0.25) is 0 Å². The molecule has 0 aromatic carbocycles. The van der Waals surface area contributed by atoms with Crippen molar-refractivity contribution in [1.29, 1.82) is 0 Å². The molecule has 0 nitrogen and oxygen atoms in total. The summed E-state index contributed by atoms with van der Waals surface area (Å²) in [4.78, 5) is 0. The van der Waals surface area contributed by atoms with Gasteiger partial charge < -0.3 is 0 Å². The zero-order chi connectivity index (χ0) is 16.5. The van der Waals surface area contributed by atoms with E-state index < -0.39 is 0 Å². The molecule has 2 atom stereocenters. The average Bonchev–Trinajstić information content (AvgIpc) is 2.50. The predicted octanol–water partition coefficient (Wildman–Crippen LogP) is 8.71. The number of hydrogen-bond donors (Lipinski definition) is 0. The van der Waals surface area contributed by atoms with Gasteiger partial charge in [0.25, 0.3) is 0 Å². The lowest BCUT2D eigenvalue weighted by atomic mass is 9.92. The van der Waals surface area contributed by atoms with E-state index in [1.54, 1.807) is 0 Å². The minimum Gasteiger partial charge on any atom is -0.0826 e. The van der Waals surface area contributed by atoms with Crippen molar-refractivity contribution in [3.05, 3.63) is 0 Å². The molecule has 134 valence electrons. The fourth-order valence-corrected chi connectivity index (χ4v) is 4.05. The normalized spacial score (nSPS) is 14.2. The molecule has 0 N–H and O–H groups in total. The maximum Gasteiger partial charge on any atom is 0.0110 e. The molecule has 0 aliphatic rings. The van der Waals surface area contributed by atoms with Crippen LogP contribution in [-0.2, 0) is 0 Å². The van der Waals surface area contributed by atoms with Crippen molar-refractivity contribution in [3.8, 4) is 0 Å². The Morgan fingerprint density at radius 3 is 1.18 bits per heavy atom. The average molecular weight is 422 g/mol. The first-order valence-electron chi connectivity index (χ1n) is 10.4. The summed E-state index contributed by atoms with van der Waals surface area (Å²) in [5.41, 5.74) is 0. The van der Waals surface area contributed by atoms with Crippen molar-refractivity contribution in [2.75, 3.05) is 0 Å². The van der Waals surface area contributed by atoms with Gasteiger partial charge in [-0.2, -0.15) is 0 Å². The van der Waals surface area contributed by atoms with Crippen molar-refractivity contribution >= 4 is 22.6 Å². The number of hydrogen-bond acceptors (Lipinski definition) is 0. The Morgan fingerprint density at radius 2 is 0.864 bits per heavy atom. The molecule has 0 spiro atoms. The minimum atomic E-state index is 0.859. The molecule has 0 aromatic rings. The summed E-state index contributed by atoms with van der Waals surface area (Å²) >= 11 is 2.66. The monoisotopic (exact) mass is 422 g/mol. The molecule has 0 bridgehead atoms. The lowest BCUT2D eigenvalue weighted by Gasteiger charge is -2.19. The number of alkyl halides is 1. The molecule has 0 saturated heterocycles. The summed E-state index contributed by atoms with van der Waals surface area (Å²) < 4.78 is 0.859. The van der Waals surface area contributed by atoms with Crippen molar-refractivity contribution in [2.24, 2.45) is 5.92 Å². The topological polar surface area (TPSA) is 0 Å². The lowest BCUT2D eigenvalue weighted by molar-refractivity contribution is 0.407. The molecule has 1 heteroatoms. The first-order valence-corrected chi connectivity index (χ1v) is 11.6. The Morgan fingerprint density at radius 1 is 0.545 bits per heavy atom. The van der Waals surface area contributed by atoms with Crippen molar-refractivity contribution in [1.82, 2.24) is 0 Å². The van der Waals surface area contributed by atoms with Crippen LogP contribution in [0.5, 0.6) is 0 Å². The second-order valence-electron chi connectivity index (χ2n) is 7.26.